The van der Waals surface area contributed by atoms with Gasteiger partial charge in [-0.15, -0.1) is 11.8 Å². The third-order valence-corrected chi connectivity index (χ3v) is 13.5. The van der Waals surface area contributed by atoms with Crippen LogP contribution >= 0.6 is 11.8 Å². The van der Waals surface area contributed by atoms with Crippen molar-refractivity contribution in [1.29, 1.82) is 0 Å². The molecule has 3 aromatic rings. The van der Waals surface area contributed by atoms with Gasteiger partial charge in [-0.05, 0) is 68.1 Å². The van der Waals surface area contributed by atoms with E-state index in [4.69, 9.17) is 23.7 Å². The van der Waals surface area contributed by atoms with Gasteiger partial charge in [-0.3, -0.25) is 15.1 Å². The lowest BCUT2D eigenvalue weighted by Gasteiger charge is -2.62. The maximum absolute atomic E-state index is 14.6. The Kier molecular flexibility index (Phi) is 7.37. The number of methoxy groups -OCH3 is 2. The number of nitrogens with one attached hydrogen (secondary N) is 1. The van der Waals surface area contributed by atoms with E-state index in [1.807, 2.05) is 24.9 Å². The highest BCUT2D eigenvalue weighted by molar-refractivity contribution is 7.99. The number of ether oxygens (including phenoxy) is 5. The molecule has 5 N–H and O–H groups in total. The summed E-state index contributed by atoms with van der Waals surface area (Å²) < 4.78 is 29.5. The van der Waals surface area contributed by atoms with E-state index in [-0.39, 0.29) is 48.2 Å². The molecule has 3 aromatic carbocycles. The van der Waals surface area contributed by atoms with Crippen LogP contribution in [0.4, 0.5) is 0 Å². The number of aliphatic hydroxyl groups is 1. The Labute approximate surface area is 299 Å². The van der Waals surface area contributed by atoms with Gasteiger partial charge in [-0.25, -0.2) is 4.79 Å². The summed E-state index contributed by atoms with van der Waals surface area (Å²) in [6.07, 6.45) is 0.0426. The van der Waals surface area contributed by atoms with Gasteiger partial charge in [0.2, 0.25) is 6.79 Å². The van der Waals surface area contributed by atoms with Crippen molar-refractivity contribution in [2.24, 2.45) is 0 Å². The van der Waals surface area contributed by atoms with Crippen LogP contribution in [-0.4, -0.2) is 101 Å². The van der Waals surface area contributed by atoms with Crippen LogP contribution in [0.3, 0.4) is 0 Å². The number of rotatable bonds is 2. The molecule has 13 nitrogen and oxygen atoms in total. The van der Waals surface area contributed by atoms with Crippen molar-refractivity contribution in [1.82, 2.24) is 15.1 Å². The number of nitrogens with zero attached hydrogens (tertiary/aromatic N) is 2. The molecule has 14 heteroatoms. The lowest BCUT2D eigenvalue weighted by molar-refractivity contribution is -0.186. The molecule has 7 heterocycles. The van der Waals surface area contributed by atoms with Crippen molar-refractivity contribution in [3.63, 3.8) is 0 Å². The number of thioether (sulfide) groups is 1. The van der Waals surface area contributed by atoms with E-state index in [1.165, 1.54) is 18.9 Å². The summed E-state index contributed by atoms with van der Waals surface area (Å²) in [5, 5.41) is 50.1. The van der Waals surface area contributed by atoms with Crippen LogP contribution in [0.25, 0.3) is 0 Å². The number of benzene rings is 3. The number of aromatic hydroxyl groups is 3. The Morgan fingerprint density at radius 1 is 0.980 bits per heavy atom. The SMILES string of the molecule is COc1cc2c(cc1O)CCN[C@]21CS[C@@H]2c3c(O)c(C)c4c(c3[C@@H](COC1=O)N1C2C2c3c(cc(C)c(OC)c3O)C[C@H]([C@@H]1O)N2C)OCO4. The maximum Gasteiger partial charge on any atom is 0.331 e. The predicted octanol–water partition coefficient (Wildman–Crippen LogP) is 3.19. The van der Waals surface area contributed by atoms with Gasteiger partial charge in [-0.2, -0.15) is 0 Å². The monoisotopic (exact) mass is 719 g/mol. The van der Waals surface area contributed by atoms with E-state index >= 15 is 0 Å². The summed E-state index contributed by atoms with van der Waals surface area (Å²) in [5.41, 5.74) is 4.38. The molecule has 2 unspecified atom stereocenters. The second-order valence-corrected chi connectivity index (χ2v) is 15.5. The number of aliphatic hydroxyl groups excluding tert-OH is 1. The third-order valence-electron chi connectivity index (χ3n) is 12.0. The molecule has 1 spiro atoms. The Morgan fingerprint density at radius 2 is 1.76 bits per heavy atom. The fraction of sp³-hybridized carbons (Fsp3) is 0.486. The molecule has 51 heavy (non-hydrogen) atoms. The van der Waals surface area contributed by atoms with Crippen LogP contribution < -0.4 is 24.3 Å². The lowest BCUT2D eigenvalue weighted by atomic mass is 9.73. The highest BCUT2D eigenvalue weighted by atomic mass is 32.2. The minimum atomic E-state index is -1.32. The average molecular weight is 720 g/mol. The third kappa shape index (κ3) is 4.28. The van der Waals surface area contributed by atoms with Crippen molar-refractivity contribution >= 4 is 17.7 Å². The first-order valence-corrected chi connectivity index (χ1v) is 18.2. The quantitative estimate of drug-likeness (QED) is 0.246. The zero-order valence-corrected chi connectivity index (χ0v) is 29.8. The van der Waals surface area contributed by atoms with E-state index in [0.717, 1.165) is 16.7 Å². The summed E-state index contributed by atoms with van der Waals surface area (Å²) in [4.78, 5) is 18.7. The highest BCUT2D eigenvalue weighted by Crippen LogP contribution is 2.64. The maximum atomic E-state index is 14.6. The molecule has 10 rings (SSSR count). The van der Waals surface area contributed by atoms with Gasteiger partial charge >= 0.3 is 5.97 Å². The minimum Gasteiger partial charge on any atom is -0.507 e. The molecule has 7 aliphatic heterocycles. The zero-order chi connectivity index (χ0) is 35.7. The molecule has 2 saturated heterocycles. The van der Waals surface area contributed by atoms with Crippen LogP contribution in [0.1, 0.15) is 61.8 Å². The number of esters is 1. The van der Waals surface area contributed by atoms with Gasteiger partial charge in [0.15, 0.2) is 40.0 Å². The molecule has 0 saturated carbocycles. The van der Waals surface area contributed by atoms with Gasteiger partial charge < -0.3 is 44.1 Å². The molecule has 0 aromatic heterocycles. The van der Waals surface area contributed by atoms with E-state index in [1.54, 1.807) is 26.2 Å². The van der Waals surface area contributed by atoms with E-state index in [0.29, 0.717) is 64.5 Å². The van der Waals surface area contributed by atoms with Crippen LogP contribution in [-0.2, 0) is 27.9 Å². The molecule has 4 bridgehead atoms. The fourth-order valence-electron chi connectivity index (χ4n) is 9.74. The predicted molar refractivity (Wildman–Crippen MR) is 185 cm³/mol. The largest absolute Gasteiger partial charge is 0.507 e. The number of hydrogen-bond donors (Lipinski definition) is 5. The number of likely N-dealkylation sites (N-methyl/N-ethyl adjacent to an activating group) is 1. The first-order valence-electron chi connectivity index (χ1n) is 17.2. The van der Waals surface area contributed by atoms with Crippen molar-refractivity contribution < 1.29 is 48.9 Å². The van der Waals surface area contributed by atoms with Crippen molar-refractivity contribution in [3.05, 3.63) is 62.7 Å². The molecule has 7 atom stereocenters. The van der Waals surface area contributed by atoms with Crippen molar-refractivity contribution in [2.45, 2.75) is 67.9 Å². The van der Waals surface area contributed by atoms with Gasteiger partial charge in [0.25, 0.3) is 0 Å². The number of phenolic OH excluding ortho intramolecular Hbond substituents is 3. The smallest absolute Gasteiger partial charge is 0.331 e. The summed E-state index contributed by atoms with van der Waals surface area (Å²) in [7, 11) is 4.97. The van der Waals surface area contributed by atoms with Crippen LogP contribution in [0.15, 0.2) is 18.2 Å². The van der Waals surface area contributed by atoms with Crippen molar-refractivity contribution in [3.8, 4) is 40.2 Å². The molecule has 270 valence electrons. The second-order valence-electron chi connectivity index (χ2n) is 14.4. The number of hydrogen-bond acceptors (Lipinski definition) is 14. The molecule has 0 amide bonds. The van der Waals surface area contributed by atoms with Gasteiger partial charge in [0, 0.05) is 40.6 Å². The van der Waals surface area contributed by atoms with Crippen molar-refractivity contribution in [2.75, 3.05) is 47.0 Å². The molecule has 0 aliphatic carbocycles. The number of phenols is 3. The Bertz CT molecular complexity index is 2010. The minimum absolute atomic E-state index is 0.00972. The van der Waals surface area contributed by atoms with Gasteiger partial charge in [-0.1, -0.05) is 6.07 Å². The van der Waals surface area contributed by atoms with E-state index in [2.05, 4.69) is 10.2 Å². The topological polar surface area (TPSA) is 163 Å². The van der Waals surface area contributed by atoms with E-state index < -0.39 is 41.1 Å². The summed E-state index contributed by atoms with van der Waals surface area (Å²) in [6, 6.07) is 3.30. The number of piperazine rings is 1. The average Bonchev–Trinajstić information content (AvgIpc) is 3.60. The molecule has 2 fully saturated rings. The Balaban J connectivity index is 1.29. The zero-order valence-electron chi connectivity index (χ0n) is 29.0. The summed E-state index contributed by atoms with van der Waals surface area (Å²) in [6.45, 7) is 3.96. The first kappa shape index (κ1) is 32.8. The van der Waals surface area contributed by atoms with Crippen LogP contribution in [0, 0.1) is 13.8 Å². The first-order chi connectivity index (χ1) is 24.5. The van der Waals surface area contributed by atoms with Gasteiger partial charge in [0.1, 0.15) is 18.6 Å². The summed E-state index contributed by atoms with van der Waals surface area (Å²) >= 11 is 1.47. The van der Waals surface area contributed by atoms with E-state index in [9.17, 15) is 25.2 Å². The standard InChI is InChI=1S/C37H41N3O10S/c1-15-8-18-9-20-35(44)40-21-12-48-36(45)37(19-11-23(46-4)22(41)10-17(19)6-7-38-37)13-51-34(26-25(21)33-32(49-14-50-33)16(2)29(26)42)28(40)27(39(20)3)24(18)30(43)31(15)47-5/h8,10-11,20-21,27-28,34-35,38,41-44H,6-7,9,12-14H2,1-5H3/t20-,21-,27?,28?,34-,35+,37-/m1/s1. The number of carbonyl (C=O) groups is 1. The number of carbonyl (C=O) groups excluding carboxylic acids is 1. The van der Waals surface area contributed by atoms with Gasteiger partial charge in [0.05, 0.1) is 37.6 Å². The number of fused-ring (bicyclic) bond motifs is 9. The normalized spacial score (nSPS) is 30.6. The van der Waals surface area contributed by atoms with Crippen LogP contribution in [0.5, 0.6) is 40.2 Å². The fourth-order valence-corrected chi connectivity index (χ4v) is 11.4. The summed E-state index contributed by atoms with van der Waals surface area (Å²) in [5.74, 6) is 1.32. The number of aryl methyl sites for hydroxylation is 1. The molecular weight excluding hydrogens is 678 g/mol. The van der Waals surface area contributed by atoms with Crippen LogP contribution in [0.2, 0.25) is 0 Å². The molecule has 7 aliphatic rings. The Morgan fingerprint density at radius 3 is 2.53 bits per heavy atom. The Hall–Kier alpha value is -4.08. The second kappa shape index (κ2) is 11.5. The molecular formula is C37H41N3O10S. The molecule has 0 radical (unpaired) electrons. The highest BCUT2D eigenvalue weighted by Gasteiger charge is 2.61. The lowest BCUT2D eigenvalue weighted by Crippen LogP contribution is -2.70.